The van der Waals surface area contributed by atoms with Gasteiger partial charge in [0.15, 0.2) is 0 Å². The molecule has 2 aliphatic rings. The van der Waals surface area contributed by atoms with Crippen molar-refractivity contribution < 1.29 is 14.3 Å². The van der Waals surface area contributed by atoms with Crippen LogP contribution in [0.15, 0.2) is 0 Å². The summed E-state index contributed by atoms with van der Waals surface area (Å²) in [6.07, 6.45) is 2.70. The number of rotatable bonds is 4. The predicted molar refractivity (Wildman–Crippen MR) is 70.3 cm³/mol. The Bertz CT molecular complexity index is 321. The summed E-state index contributed by atoms with van der Waals surface area (Å²) < 4.78 is 5.35. The maximum atomic E-state index is 12.1. The molecule has 0 radical (unpaired) electrons. The van der Waals surface area contributed by atoms with Gasteiger partial charge in [-0.3, -0.25) is 9.59 Å². The Balaban J connectivity index is 1.71. The van der Waals surface area contributed by atoms with Crippen LogP contribution in [0.1, 0.15) is 25.7 Å². The second kappa shape index (κ2) is 6.86. The van der Waals surface area contributed by atoms with Gasteiger partial charge in [0.1, 0.15) is 0 Å². The lowest BCUT2D eigenvalue weighted by atomic mass is 9.93. The number of nitrogens with zero attached hydrogens (tertiary/aromatic N) is 1. The Morgan fingerprint density at radius 1 is 1.26 bits per heavy atom. The SMILES string of the molecule is NC(=O)CC1CCN(C(=O)CC2COCCN2)CC1. The molecule has 1 atom stereocenters. The first-order valence-corrected chi connectivity index (χ1v) is 7.02. The van der Waals surface area contributed by atoms with Crippen LogP contribution in [0.25, 0.3) is 0 Å². The Hall–Kier alpha value is -1.14. The summed E-state index contributed by atoms with van der Waals surface area (Å²) in [4.78, 5) is 24.9. The number of ether oxygens (including phenoxy) is 1. The number of carbonyl (C=O) groups is 2. The average Bonchev–Trinajstić information content (AvgIpc) is 2.40. The molecule has 0 aliphatic carbocycles. The van der Waals surface area contributed by atoms with Gasteiger partial charge < -0.3 is 20.7 Å². The molecule has 2 saturated heterocycles. The maximum absolute atomic E-state index is 12.1. The first-order chi connectivity index (χ1) is 9.15. The van der Waals surface area contributed by atoms with Gasteiger partial charge in [-0.1, -0.05) is 0 Å². The maximum Gasteiger partial charge on any atom is 0.224 e. The fourth-order valence-corrected chi connectivity index (χ4v) is 2.76. The van der Waals surface area contributed by atoms with E-state index in [4.69, 9.17) is 10.5 Å². The quantitative estimate of drug-likeness (QED) is 0.719. The highest BCUT2D eigenvalue weighted by Gasteiger charge is 2.26. The molecule has 0 saturated carbocycles. The molecule has 2 fully saturated rings. The van der Waals surface area contributed by atoms with Gasteiger partial charge >= 0.3 is 0 Å². The van der Waals surface area contributed by atoms with Gasteiger partial charge in [0.05, 0.1) is 13.2 Å². The van der Waals surface area contributed by atoms with Gasteiger partial charge in [0.2, 0.25) is 11.8 Å². The van der Waals surface area contributed by atoms with Gasteiger partial charge in [-0.15, -0.1) is 0 Å². The summed E-state index contributed by atoms with van der Waals surface area (Å²) in [6.45, 7) is 3.64. The van der Waals surface area contributed by atoms with Crippen LogP contribution < -0.4 is 11.1 Å². The van der Waals surface area contributed by atoms with Crippen LogP contribution >= 0.6 is 0 Å². The van der Waals surface area contributed by atoms with Crippen molar-refractivity contribution in [3.05, 3.63) is 0 Å². The second-order valence-corrected chi connectivity index (χ2v) is 5.42. The highest BCUT2D eigenvalue weighted by Crippen LogP contribution is 2.20. The molecule has 0 bridgehead atoms. The third-order valence-corrected chi connectivity index (χ3v) is 3.88. The van der Waals surface area contributed by atoms with Crippen LogP contribution in [0.2, 0.25) is 0 Å². The van der Waals surface area contributed by atoms with Gasteiger partial charge in [-0.05, 0) is 18.8 Å². The number of primary amides is 1. The average molecular weight is 269 g/mol. The number of hydrogen-bond acceptors (Lipinski definition) is 4. The fourth-order valence-electron chi connectivity index (χ4n) is 2.76. The highest BCUT2D eigenvalue weighted by atomic mass is 16.5. The molecule has 108 valence electrons. The van der Waals surface area contributed by atoms with E-state index in [0.717, 1.165) is 39.1 Å². The first-order valence-electron chi connectivity index (χ1n) is 7.02. The molecule has 2 aliphatic heterocycles. The van der Waals surface area contributed by atoms with Crippen LogP contribution in [-0.2, 0) is 14.3 Å². The van der Waals surface area contributed by atoms with E-state index in [0.29, 0.717) is 25.4 Å². The van der Waals surface area contributed by atoms with Crippen molar-refractivity contribution in [2.24, 2.45) is 11.7 Å². The lowest BCUT2D eigenvalue weighted by Crippen LogP contribution is -2.46. The minimum atomic E-state index is -0.242. The number of nitrogens with two attached hydrogens (primary N) is 1. The van der Waals surface area contributed by atoms with Crippen molar-refractivity contribution in [3.63, 3.8) is 0 Å². The molecular weight excluding hydrogens is 246 g/mol. The van der Waals surface area contributed by atoms with Crippen molar-refractivity contribution in [2.75, 3.05) is 32.8 Å². The molecule has 0 aromatic rings. The molecule has 19 heavy (non-hydrogen) atoms. The summed E-state index contributed by atoms with van der Waals surface area (Å²) in [5, 5.41) is 3.29. The van der Waals surface area contributed by atoms with Crippen LogP contribution in [0.3, 0.4) is 0 Å². The van der Waals surface area contributed by atoms with Crippen molar-refractivity contribution in [1.29, 1.82) is 0 Å². The third kappa shape index (κ3) is 4.47. The first kappa shape index (κ1) is 14.3. The van der Waals surface area contributed by atoms with E-state index in [9.17, 15) is 9.59 Å². The zero-order valence-electron chi connectivity index (χ0n) is 11.3. The molecule has 0 aromatic heterocycles. The number of nitrogens with one attached hydrogen (secondary N) is 1. The zero-order valence-corrected chi connectivity index (χ0v) is 11.3. The number of likely N-dealkylation sites (tertiary alicyclic amines) is 1. The van der Waals surface area contributed by atoms with E-state index in [-0.39, 0.29) is 17.9 Å². The Kier molecular flexibility index (Phi) is 5.15. The molecule has 6 heteroatoms. The molecule has 2 rings (SSSR count). The van der Waals surface area contributed by atoms with Crippen LogP contribution in [-0.4, -0.2) is 55.6 Å². The van der Waals surface area contributed by atoms with Gasteiger partial charge in [0.25, 0.3) is 0 Å². The minimum absolute atomic E-state index is 0.143. The molecule has 2 heterocycles. The highest BCUT2D eigenvalue weighted by molar-refractivity contribution is 5.77. The summed E-state index contributed by atoms with van der Waals surface area (Å²) in [7, 11) is 0. The number of piperidine rings is 1. The largest absolute Gasteiger partial charge is 0.378 e. The van der Waals surface area contributed by atoms with Crippen molar-refractivity contribution in [2.45, 2.75) is 31.7 Å². The molecule has 3 N–H and O–H groups in total. The summed E-state index contributed by atoms with van der Waals surface area (Å²) >= 11 is 0. The fraction of sp³-hybridized carbons (Fsp3) is 0.846. The number of hydrogen-bond donors (Lipinski definition) is 2. The second-order valence-electron chi connectivity index (χ2n) is 5.42. The predicted octanol–water partition coefficient (Wildman–Crippen LogP) is -0.521. The monoisotopic (exact) mass is 269 g/mol. The van der Waals surface area contributed by atoms with Crippen LogP contribution in [0.4, 0.5) is 0 Å². The number of morpholine rings is 1. The Labute approximate surface area is 113 Å². The smallest absolute Gasteiger partial charge is 0.224 e. The lowest BCUT2D eigenvalue weighted by Gasteiger charge is -2.33. The van der Waals surface area contributed by atoms with Crippen LogP contribution in [0.5, 0.6) is 0 Å². The van der Waals surface area contributed by atoms with Gasteiger partial charge in [-0.2, -0.15) is 0 Å². The van der Waals surface area contributed by atoms with E-state index in [2.05, 4.69) is 5.32 Å². The standard InChI is InChI=1S/C13H23N3O3/c14-12(17)7-10-1-4-16(5-2-10)13(18)8-11-9-19-6-3-15-11/h10-11,15H,1-9H2,(H2,14,17). The molecule has 2 amide bonds. The van der Waals surface area contributed by atoms with E-state index in [1.165, 1.54) is 0 Å². The van der Waals surface area contributed by atoms with E-state index in [1.54, 1.807) is 0 Å². The topological polar surface area (TPSA) is 84.7 Å². The minimum Gasteiger partial charge on any atom is -0.378 e. The summed E-state index contributed by atoms with van der Waals surface area (Å²) in [6, 6.07) is 0.143. The Morgan fingerprint density at radius 3 is 2.58 bits per heavy atom. The zero-order chi connectivity index (χ0) is 13.7. The van der Waals surface area contributed by atoms with Gasteiger partial charge in [-0.25, -0.2) is 0 Å². The van der Waals surface area contributed by atoms with Crippen molar-refractivity contribution in [1.82, 2.24) is 10.2 Å². The van der Waals surface area contributed by atoms with Gasteiger partial charge in [0, 0.05) is 38.5 Å². The molecular formula is C13H23N3O3. The molecule has 0 spiro atoms. The van der Waals surface area contributed by atoms with E-state index < -0.39 is 0 Å². The van der Waals surface area contributed by atoms with E-state index in [1.807, 2.05) is 4.90 Å². The third-order valence-electron chi connectivity index (χ3n) is 3.88. The summed E-state index contributed by atoms with van der Waals surface area (Å²) in [5.41, 5.74) is 5.20. The molecule has 6 nitrogen and oxygen atoms in total. The molecule has 1 unspecified atom stereocenters. The molecule has 0 aromatic carbocycles. The van der Waals surface area contributed by atoms with Crippen molar-refractivity contribution in [3.8, 4) is 0 Å². The normalized spacial score (nSPS) is 25.3. The number of carbonyl (C=O) groups excluding carboxylic acids is 2. The van der Waals surface area contributed by atoms with Crippen LogP contribution in [0, 0.1) is 5.92 Å². The summed E-state index contributed by atoms with van der Waals surface area (Å²) in [5.74, 6) is 0.284. The van der Waals surface area contributed by atoms with E-state index >= 15 is 0 Å². The lowest BCUT2D eigenvalue weighted by molar-refractivity contribution is -0.133. The van der Waals surface area contributed by atoms with Crippen molar-refractivity contribution >= 4 is 11.8 Å². The number of amides is 2. The Morgan fingerprint density at radius 2 is 2.00 bits per heavy atom.